The highest BCUT2D eigenvalue weighted by Gasteiger charge is 2.09. The summed E-state index contributed by atoms with van der Waals surface area (Å²) in [5.41, 5.74) is 6.20. The number of nitrogens with two attached hydrogens (primary N) is 1. The second kappa shape index (κ2) is 8.48. The molecule has 0 saturated heterocycles. The van der Waals surface area contributed by atoms with Gasteiger partial charge < -0.3 is 15.8 Å². The number of anilines is 1. The average molecular weight is 315 g/mol. The lowest BCUT2D eigenvalue weighted by molar-refractivity contribution is -0.121. The number of sulfonamides is 1. The molecule has 4 N–H and O–H groups in total. The lowest BCUT2D eigenvalue weighted by Gasteiger charge is -2.09. The Hall–Kier alpha value is -1.80. The zero-order valence-electron chi connectivity index (χ0n) is 12.0. The van der Waals surface area contributed by atoms with Gasteiger partial charge in [-0.1, -0.05) is 19.1 Å². The van der Waals surface area contributed by atoms with Crippen LogP contribution in [0.15, 0.2) is 24.3 Å². The Morgan fingerprint density at radius 1 is 1.33 bits per heavy atom. The molecule has 1 rings (SSSR count). The summed E-state index contributed by atoms with van der Waals surface area (Å²) in [6, 6.07) is 7.01. The van der Waals surface area contributed by atoms with Crippen LogP contribution in [0.4, 0.5) is 5.69 Å². The number of amides is 1. The molecule has 0 unspecified atom stereocenters. The third-order valence-electron chi connectivity index (χ3n) is 2.56. The standard InChI is InChI=1S/C13H21N3O4S/c1-2-16-21(18,19)10-8-15-13(17)7-9-20-12-6-4-3-5-11(12)14/h3-6,16H,2,7-10,14H2,1H3,(H,15,17). The van der Waals surface area contributed by atoms with E-state index in [0.29, 0.717) is 18.0 Å². The number of benzene rings is 1. The Labute approximate surface area is 124 Å². The van der Waals surface area contributed by atoms with Gasteiger partial charge in [0.25, 0.3) is 0 Å². The van der Waals surface area contributed by atoms with Crippen molar-refractivity contribution in [1.29, 1.82) is 0 Å². The van der Waals surface area contributed by atoms with Crippen LogP contribution in [0.1, 0.15) is 13.3 Å². The van der Waals surface area contributed by atoms with E-state index in [1.165, 1.54) is 0 Å². The molecule has 0 aliphatic carbocycles. The molecule has 7 nitrogen and oxygen atoms in total. The van der Waals surface area contributed by atoms with Crippen LogP contribution in [0.2, 0.25) is 0 Å². The van der Waals surface area contributed by atoms with Crippen LogP contribution in [0.25, 0.3) is 0 Å². The van der Waals surface area contributed by atoms with Crippen LogP contribution in [0.3, 0.4) is 0 Å². The van der Waals surface area contributed by atoms with Crippen molar-refractivity contribution in [1.82, 2.24) is 10.0 Å². The Balaban J connectivity index is 2.22. The van der Waals surface area contributed by atoms with Gasteiger partial charge in [-0.3, -0.25) is 4.79 Å². The molecule has 0 atom stereocenters. The number of carbonyl (C=O) groups is 1. The highest BCUT2D eigenvalue weighted by molar-refractivity contribution is 7.89. The summed E-state index contributed by atoms with van der Waals surface area (Å²) in [5.74, 6) is 0.121. The predicted molar refractivity (Wildman–Crippen MR) is 81.4 cm³/mol. The lowest BCUT2D eigenvalue weighted by atomic mass is 10.3. The lowest BCUT2D eigenvalue weighted by Crippen LogP contribution is -2.34. The van der Waals surface area contributed by atoms with E-state index in [9.17, 15) is 13.2 Å². The fraction of sp³-hybridized carbons (Fsp3) is 0.462. The van der Waals surface area contributed by atoms with E-state index in [4.69, 9.17) is 10.5 Å². The van der Waals surface area contributed by atoms with Crippen molar-refractivity contribution >= 4 is 21.6 Å². The second-order valence-electron chi connectivity index (χ2n) is 4.30. The summed E-state index contributed by atoms with van der Waals surface area (Å²) >= 11 is 0. The van der Waals surface area contributed by atoms with E-state index in [1.54, 1.807) is 31.2 Å². The third-order valence-corrected chi connectivity index (χ3v) is 4.03. The molecular weight excluding hydrogens is 294 g/mol. The maximum absolute atomic E-state index is 11.5. The molecule has 1 amide bonds. The zero-order valence-corrected chi connectivity index (χ0v) is 12.8. The summed E-state index contributed by atoms with van der Waals surface area (Å²) in [5, 5.41) is 2.53. The van der Waals surface area contributed by atoms with Gasteiger partial charge in [-0.05, 0) is 12.1 Å². The van der Waals surface area contributed by atoms with E-state index in [0.717, 1.165) is 0 Å². The highest BCUT2D eigenvalue weighted by Crippen LogP contribution is 2.19. The first-order valence-electron chi connectivity index (χ1n) is 6.66. The van der Waals surface area contributed by atoms with Gasteiger partial charge in [0.2, 0.25) is 15.9 Å². The Bertz CT molecular complexity index is 560. The van der Waals surface area contributed by atoms with Gasteiger partial charge >= 0.3 is 0 Å². The molecule has 0 saturated carbocycles. The molecule has 8 heteroatoms. The summed E-state index contributed by atoms with van der Waals surface area (Å²) in [6.07, 6.45) is 0.135. The van der Waals surface area contributed by atoms with Crippen LogP contribution in [0, 0.1) is 0 Å². The summed E-state index contributed by atoms with van der Waals surface area (Å²) in [4.78, 5) is 11.5. The van der Waals surface area contributed by atoms with Crippen LogP contribution < -0.4 is 20.5 Å². The van der Waals surface area contributed by atoms with Gasteiger partial charge in [-0.25, -0.2) is 13.1 Å². The quantitative estimate of drug-likeness (QED) is 0.560. The molecule has 1 aromatic carbocycles. The summed E-state index contributed by atoms with van der Waals surface area (Å²) in [6.45, 7) is 2.28. The van der Waals surface area contributed by atoms with E-state index in [-0.39, 0.29) is 31.2 Å². The SMILES string of the molecule is CCNS(=O)(=O)CCNC(=O)CCOc1ccccc1N. The topological polar surface area (TPSA) is 111 Å². The molecule has 0 fully saturated rings. The molecule has 1 aromatic rings. The number of carbonyl (C=O) groups excluding carboxylic acids is 1. The molecule has 0 aromatic heterocycles. The van der Waals surface area contributed by atoms with Crippen LogP contribution in [0.5, 0.6) is 5.75 Å². The highest BCUT2D eigenvalue weighted by atomic mass is 32.2. The number of para-hydroxylation sites is 2. The number of nitrogen functional groups attached to an aromatic ring is 1. The van der Waals surface area contributed by atoms with Crippen molar-refractivity contribution in [3.8, 4) is 5.75 Å². The number of ether oxygens (including phenoxy) is 1. The number of rotatable bonds is 9. The maximum atomic E-state index is 11.5. The Morgan fingerprint density at radius 3 is 2.71 bits per heavy atom. The van der Waals surface area contributed by atoms with Crippen molar-refractivity contribution in [2.75, 3.05) is 31.2 Å². The van der Waals surface area contributed by atoms with Crippen LogP contribution in [-0.2, 0) is 14.8 Å². The molecule has 0 heterocycles. The Morgan fingerprint density at radius 2 is 2.05 bits per heavy atom. The molecule has 118 valence electrons. The van der Waals surface area contributed by atoms with Crippen molar-refractivity contribution in [3.05, 3.63) is 24.3 Å². The fourth-order valence-electron chi connectivity index (χ4n) is 1.57. The molecule has 0 aliphatic heterocycles. The molecular formula is C13H21N3O4S. The minimum atomic E-state index is -3.31. The molecule has 0 radical (unpaired) electrons. The Kier molecular flexibility index (Phi) is 6.97. The monoisotopic (exact) mass is 315 g/mol. The molecule has 0 spiro atoms. The second-order valence-corrected chi connectivity index (χ2v) is 6.23. The number of hydrogen-bond donors (Lipinski definition) is 3. The minimum Gasteiger partial charge on any atom is -0.491 e. The fourth-order valence-corrected chi connectivity index (χ4v) is 2.53. The van der Waals surface area contributed by atoms with Gasteiger partial charge in [-0.2, -0.15) is 0 Å². The summed E-state index contributed by atoms with van der Waals surface area (Å²) < 4.78 is 30.4. The van der Waals surface area contributed by atoms with Crippen molar-refractivity contribution in [2.24, 2.45) is 0 Å². The van der Waals surface area contributed by atoms with Crippen molar-refractivity contribution in [2.45, 2.75) is 13.3 Å². The number of nitrogens with one attached hydrogen (secondary N) is 2. The average Bonchev–Trinajstić information content (AvgIpc) is 2.40. The minimum absolute atomic E-state index is 0.0711. The van der Waals surface area contributed by atoms with E-state index < -0.39 is 10.0 Å². The van der Waals surface area contributed by atoms with E-state index in [1.807, 2.05) is 0 Å². The van der Waals surface area contributed by atoms with E-state index >= 15 is 0 Å². The van der Waals surface area contributed by atoms with Crippen LogP contribution in [-0.4, -0.2) is 39.8 Å². The molecule has 0 aliphatic rings. The normalized spacial score (nSPS) is 11.1. The largest absolute Gasteiger partial charge is 0.491 e. The predicted octanol–water partition coefficient (Wildman–Crippen LogP) is 0.0932. The molecule has 21 heavy (non-hydrogen) atoms. The van der Waals surface area contributed by atoms with Gasteiger partial charge in [0.1, 0.15) is 5.75 Å². The third kappa shape index (κ3) is 6.96. The smallest absolute Gasteiger partial charge is 0.223 e. The van der Waals surface area contributed by atoms with Gasteiger partial charge in [0.15, 0.2) is 0 Å². The maximum Gasteiger partial charge on any atom is 0.223 e. The van der Waals surface area contributed by atoms with Crippen molar-refractivity contribution < 1.29 is 17.9 Å². The zero-order chi connectivity index (χ0) is 15.7. The molecule has 0 bridgehead atoms. The van der Waals surface area contributed by atoms with Gasteiger partial charge in [0.05, 0.1) is 24.5 Å². The first-order chi connectivity index (χ1) is 9.94. The first-order valence-corrected chi connectivity index (χ1v) is 8.31. The first kappa shape index (κ1) is 17.3. The van der Waals surface area contributed by atoms with Gasteiger partial charge in [-0.15, -0.1) is 0 Å². The van der Waals surface area contributed by atoms with Crippen molar-refractivity contribution in [3.63, 3.8) is 0 Å². The van der Waals surface area contributed by atoms with E-state index in [2.05, 4.69) is 10.0 Å². The van der Waals surface area contributed by atoms with Crippen LogP contribution >= 0.6 is 0 Å². The summed E-state index contributed by atoms with van der Waals surface area (Å²) in [7, 11) is -3.31. The number of hydrogen-bond acceptors (Lipinski definition) is 5. The van der Waals surface area contributed by atoms with Gasteiger partial charge in [0, 0.05) is 13.1 Å².